The zero-order valence-corrected chi connectivity index (χ0v) is 18.4. The number of aliphatic hydroxyl groups is 2. The number of hydrogen-bond donors (Lipinski definition) is 2. The molecule has 4 nitrogen and oxygen atoms in total. The minimum Gasteiger partial charge on any atom is -0.395 e. The van der Waals surface area contributed by atoms with Crippen LogP contribution in [0.2, 0.25) is 0 Å². The molecule has 4 saturated carbocycles. The largest absolute Gasteiger partial charge is 0.395 e. The summed E-state index contributed by atoms with van der Waals surface area (Å²) in [5.74, 6) is 1.44. The van der Waals surface area contributed by atoms with Crippen molar-refractivity contribution in [3.8, 4) is 0 Å². The zero-order valence-electron chi connectivity index (χ0n) is 18.4. The average Bonchev–Trinajstić information content (AvgIpc) is 3.32. The fourth-order valence-electron chi connectivity index (χ4n) is 8.38. The Labute approximate surface area is 176 Å². The molecular weight excluding hydrogens is 364 g/mol. The molecule has 5 rings (SSSR count). The number of methoxy groups -OCH3 is 1. The van der Waals surface area contributed by atoms with E-state index in [0.29, 0.717) is 17.8 Å². The summed E-state index contributed by atoms with van der Waals surface area (Å²) in [5, 5.41) is 21.3. The molecule has 164 valence electrons. The molecule has 0 aromatic carbocycles. The summed E-state index contributed by atoms with van der Waals surface area (Å²) in [4.78, 5) is 0. The van der Waals surface area contributed by atoms with E-state index in [4.69, 9.17) is 9.47 Å². The van der Waals surface area contributed by atoms with Crippen molar-refractivity contribution in [2.45, 2.75) is 102 Å². The molecule has 0 amide bonds. The molecule has 2 N–H and O–H groups in total. The Bertz CT molecular complexity index is 653. The molecule has 29 heavy (non-hydrogen) atoms. The lowest BCUT2D eigenvalue weighted by molar-refractivity contribution is -0.247. The molecule has 7 atom stereocenters. The molecule has 0 radical (unpaired) electrons. The summed E-state index contributed by atoms with van der Waals surface area (Å²) in [5.41, 5.74) is 1.51. The first-order valence-corrected chi connectivity index (χ1v) is 12.2. The van der Waals surface area contributed by atoms with Gasteiger partial charge in [-0.15, -0.1) is 0 Å². The number of aliphatic hydroxyl groups excluding tert-OH is 2. The summed E-state index contributed by atoms with van der Waals surface area (Å²) < 4.78 is 12.4. The van der Waals surface area contributed by atoms with Crippen molar-refractivity contribution < 1.29 is 19.7 Å². The molecule has 5 aliphatic rings. The molecule has 0 aliphatic heterocycles. The molecule has 4 fully saturated rings. The van der Waals surface area contributed by atoms with Crippen LogP contribution in [0.5, 0.6) is 0 Å². The molecule has 4 heteroatoms. The number of ether oxygens (including phenoxy) is 2. The molecule has 0 aromatic rings. The van der Waals surface area contributed by atoms with Crippen LogP contribution < -0.4 is 0 Å². The van der Waals surface area contributed by atoms with Gasteiger partial charge in [-0.1, -0.05) is 18.6 Å². The van der Waals surface area contributed by atoms with E-state index in [0.717, 1.165) is 64.2 Å². The van der Waals surface area contributed by atoms with Crippen LogP contribution in [0, 0.1) is 28.6 Å². The first-order valence-electron chi connectivity index (χ1n) is 12.2. The first kappa shape index (κ1) is 20.5. The highest BCUT2D eigenvalue weighted by Gasteiger charge is 2.59. The third kappa shape index (κ3) is 3.00. The van der Waals surface area contributed by atoms with Crippen molar-refractivity contribution in [1.82, 2.24) is 0 Å². The second-order valence-corrected chi connectivity index (χ2v) is 11.1. The minimum absolute atomic E-state index is 0.0481. The van der Waals surface area contributed by atoms with E-state index in [2.05, 4.69) is 13.0 Å². The summed E-state index contributed by atoms with van der Waals surface area (Å²) in [6, 6.07) is 0. The van der Waals surface area contributed by atoms with E-state index in [1.165, 1.54) is 18.4 Å². The van der Waals surface area contributed by atoms with E-state index in [-0.39, 0.29) is 35.4 Å². The lowest BCUT2D eigenvalue weighted by Gasteiger charge is -2.58. The van der Waals surface area contributed by atoms with Crippen molar-refractivity contribution in [2.24, 2.45) is 28.6 Å². The van der Waals surface area contributed by atoms with Crippen LogP contribution in [0.25, 0.3) is 0 Å². The molecule has 2 unspecified atom stereocenters. The van der Waals surface area contributed by atoms with E-state index in [9.17, 15) is 10.2 Å². The Morgan fingerprint density at radius 1 is 1.03 bits per heavy atom. The monoisotopic (exact) mass is 404 g/mol. The Morgan fingerprint density at radius 2 is 1.83 bits per heavy atom. The third-order valence-corrected chi connectivity index (χ3v) is 10.1. The molecule has 0 spiro atoms. The summed E-state index contributed by atoms with van der Waals surface area (Å²) >= 11 is 0. The van der Waals surface area contributed by atoms with Gasteiger partial charge in [0.2, 0.25) is 0 Å². The minimum atomic E-state index is -0.367. The maximum Gasteiger partial charge on any atom is 0.168 e. The fraction of sp³-hybridized carbons (Fsp3) is 0.920. The smallest absolute Gasteiger partial charge is 0.168 e. The van der Waals surface area contributed by atoms with E-state index >= 15 is 0 Å². The second-order valence-electron chi connectivity index (χ2n) is 11.1. The molecular formula is C25H40O4. The van der Waals surface area contributed by atoms with Crippen molar-refractivity contribution in [1.29, 1.82) is 0 Å². The van der Waals surface area contributed by atoms with E-state index in [1.54, 1.807) is 7.11 Å². The summed E-state index contributed by atoms with van der Waals surface area (Å²) in [6.07, 6.45) is 15.5. The predicted molar refractivity (Wildman–Crippen MR) is 112 cm³/mol. The van der Waals surface area contributed by atoms with Crippen molar-refractivity contribution in [3.05, 3.63) is 11.6 Å². The Hall–Kier alpha value is -0.420. The van der Waals surface area contributed by atoms with Gasteiger partial charge >= 0.3 is 0 Å². The quantitative estimate of drug-likeness (QED) is 0.532. The highest BCUT2D eigenvalue weighted by Crippen LogP contribution is 2.65. The average molecular weight is 405 g/mol. The number of allylic oxidation sites excluding steroid dienone is 1. The topological polar surface area (TPSA) is 58.9 Å². The van der Waals surface area contributed by atoms with Crippen molar-refractivity contribution in [3.63, 3.8) is 0 Å². The molecule has 0 bridgehead atoms. The van der Waals surface area contributed by atoms with Crippen LogP contribution >= 0.6 is 0 Å². The number of rotatable bonds is 4. The van der Waals surface area contributed by atoms with Gasteiger partial charge < -0.3 is 19.7 Å². The van der Waals surface area contributed by atoms with Gasteiger partial charge in [0, 0.05) is 25.4 Å². The van der Waals surface area contributed by atoms with Crippen LogP contribution in [-0.4, -0.2) is 41.9 Å². The van der Waals surface area contributed by atoms with Gasteiger partial charge in [-0.3, -0.25) is 0 Å². The van der Waals surface area contributed by atoms with Gasteiger partial charge in [-0.2, -0.15) is 0 Å². The van der Waals surface area contributed by atoms with Crippen molar-refractivity contribution in [2.75, 3.05) is 13.7 Å². The van der Waals surface area contributed by atoms with Gasteiger partial charge in [0.25, 0.3) is 0 Å². The van der Waals surface area contributed by atoms with Crippen LogP contribution in [0.4, 0.5) is 0 Å². The highest BCUT2D eigenvalue weighted by molar-refractivity contribution is 5.27. The van der Waals surface area contributed by atoms with E-state index in [1.807, 2.05) is 0 Å². The summed E-state index contributed by atoms with van der Waals surface area (Å²) in [6.45, 7) is 2.60. The highest BCUT2D eigenvalue weighted by atomic mass is 16.7. The van der Waals surface area contributed by atoms with Crippen LogP contribution in [0.1, 0.15) is 84.0 Å². The zero-order chi connectivity index (χ0) is 20.3. The molecule has 0 aromatic heterocycles. The summed E-state index contributed by atoms with van der Waals surface area (Å²) in [7, 11) is 1.80. The SMILES string of the molecule is COC1(OC2CC[C@@]3(CO)C(=CC[C@@H]4[C@H]3CC[C@]3(C)C(O)CC[C@@H]43)C2)CCCC1. The van der Waals surface area contributed by atoms with E-state index < -0.39 is 0 Å². The fourth-order valence-corrected chi connectivity index (χ4v) is 8.38. The molecule has 0 saturated heterocycles. The number of hydrogen-bond acceptors (Lipinski definition) is 4. The Balaban J connectivity index is 1.37. The third-order valence-electron chi connectivity index (χ3n) is 10.1. The first-order chi connectivity index (χ1) is 14.0. The maximum absolute atomic E-state index is 10.7. The van der Waals surface area contributed by atoms with Gasteiger partial charge in [0.15, 0.2) is 5.79 Å². The lowest BCUT2D eigenvalue weighted by Crippen LogP contribution is -2.54. The van der Waals surface area contributed by atoms with Gasteiger partial charge in [0.1, 0.15) is 0 Å². The maximum atomic E-state index is 10.7. The molecule has 0 heterocycles. The molecule has 5 aliphatic carbocycles. The van der Waals surface area contributed by atoms with Gasteiger partial charge in [-0.25, -0.2) is 0 Å². The lowest BCUT2D eigenvalue weighted by atomic mass is 9.47. The predicted octanol–water partition coefficient (Wildman–Crippen LogP) is 4.58. The van der Waals surface area contributed by atoms with Crippen LogP contribution in [-0.2, 0) is 9.47 Å². The Morgan fingerprint density at radius 3 is 2.55 bits per heavy atom. The van der Waals surface area contributed by atoms with Crippen molar-refractivity contribution >= 4 is 0 Å². The van der Waals surface area contributed by atoms with Gasteiger partial charge in [-0.05, 0) is 87.4 Å². The van der Waals surface area contributed by atoms with Crippen LogP contribution in [0.15, 0.2) is 11.6 Å². The normalized spacial score (nSPS) is 48.6. The van der Waals surface area contributed by atoms with Gasteiger partial charge in [0.05, 0.1) is 18.8 Å². The van der Waals surface area contributed by atoms with Crippen LogP contribution in [0.3, 0.4) is 0 Å². The number of fused-ring (bicyclic) bond motifs is 5. The second kappa shape index (κ2) is 7.32. The Kier molecular flexibility index (Phi) is 5.17. The standard InChI is InChI=1S/C25H40O4/c1-23-13-10-21-19(20(23)7-8-22(23)27)6-5-17-15-18(9-14-24(17,21)16-26)29-25(28-2)11-3-4-12-25/h5,18-22,26-27H,3-4,6-16H2,1-2H3/t18?,19-,20-,21+,22?,23-,24+/m0/s1.